The molecule has 2 aromatic carbocycles. The van der Waals surface area contributed by atoms with Crippen LogP contribution in [-0.4, -0.2) is 55.1 Å². The third kappa shape index (κ3) is 3.68. The van der Waals surface area contributed by atoms with Gasteiger partial charge in [0.1, 0.15) is 0 Å². The second-order valence-corrected chi connectivity index (χ2v) is 8.74. The molecule has 0 radical (unpaired) electrons. The Bertz CT molecular complexity index is 1530. The third-order valence-electron chi connectivity index (χ3n) is 6.58. The molecule has 0 N–H and O–H groups in total. The van der Waals surface area contributed by atoms with Crippen LogP contribution < -0.4 is 4.90 Å². The molecule has 3 aromatic heterocycles. The molecule has 10 nitrogen and oxygen atoms in total. The summed E-state index contributed by atoms with van der Waals surface area (Å²) in [7, 11) is 0. The number of hydrogen-bond donors (Lipinski definition) is 0. The van der Waals surface area contributed by atoms with Gasteiger partial charge in [0, 0.05) is 49.2 Å². The van der Waals surface area contributed by atoms with Gasteiger partial charge in [-0.25, -0.2) is 9.38 Å². The Balaban J connectivity index is 1.36. The van der Waals surface area contributed by atoms with Crippen LogP contribution in [0.25, 0.3) is 28.1 Å². The number of hydrogen-bond acceptors (Lipinski definition) is 8. The Hall–Kier alpha value is -4.31. The number of rotatable bonds is 5. The van der Waals surface area contributed by atoms with E-state index in [2.05, 4.69) is 26.9 Å². The van der Waals surface area contributed by atoms with E-state index in [0.29, 0.717) is 31.2 Å². The monoisotopic (exact) mass is 469 g/mol. The summed E-state index contributed by atoms with van der Waals surface area (Å²) >= 11 is 0. The van der Waals surface area contributed by atoms with Crippen molar-refractivity contribution in [3.63, 3.8) is 0 Å². The zero-order chi connectivity index (χ0) is 23.9. The van der Waals surface area contributed by atoms with E-state index in [1.54, 1.807) is 18.4 Å². The lowest BCUT2D eigenvalue weighted by atomic mass is 10.1. The number of piperazine rings is 1. The largest absolute Gasteiger partial charge is 0.461 e. The number of nitrogens with zero attached hydrogens (tertiary/aromatic N) is 7. The molecule has 0 unspecified atom stereocenters. The van der Waals surface area contributed by atoms with Gasteiger partial charge >= 0.3 is 0 Å². The van der Waals surface area contributed by atoms with Crippen molar-refractivity contribution in [2.75, 3.05) is 24.5 Å². The molecule has 1 aliphatic rings. The summed E-state index contributed by atoms with van der Waals surface area (Å²) in [5, 5.41) is 21.3. The maximum Gasteiger partial charge on any atom is 0.273 e. The molecule has 1 atom stereocenters. The van der Waals surface area contributed by atoms with Crippen molar-refractivity contribution < 1.29 is 9.34 Å². The molecule has 0 amide bonds. The van der Waals surface area contributed by atoms with E-state index in [-0.39, 0.29) is 16.7 Å². The van der Waals surface area contributed by atoms with Gasteiger partial charge in [-0.15, -0.1) is 10.2 Å². The van der Waals surface area contributed by atoms with Crippen LogP contribution in [0.5, 0.6) is 0 Å². The Morgan fingerprint density at radius 2 is 1.89 bits per heavy atom. The summed E-state index contributed by atoms with van der Waals surface area (Å²) in [6.07, 6.45) is 1.62. The molecule has 0 saturated carbocycles. The molecule has 1 saturated heterocycles. The van der Waals surface area contributed by atoms with E-state index in [4.69, 9.17) is 9.40 Å². The van der Waals surface area contributed by atoms with Crippen molar-refractivity contribution in [3.05, 3.63) is 82.6 Å². The van der Waals surface area contributed by atoms with Crippen LogP contribution in [0.4, 0.5) is 11.6 Å². The number of nitro benzene ring substituents is 1. The van der Waals surface area contributed by atoms with E-state index < -0.39 is 0 Å². The van der Waals surface area contributed by atoms with Crippen LogP contribution in [0.15, 0.2) is 71.3 Å². The summed E-state index contributed by atoms with van der Waals surface area (Å²) in [5.41, 5.74) is 2.46. The van der Waals surface area contributed by atoms with Crippen LogP contribution in [0.3, 0.4) is 0 Å². The lowest BCUT2D eigenvalue weighted by Gasteiger charge is -2.40. The quantitative estimate of drug-likeness (QED) is 0.279. The zero-order valence-corrected chi connectivity index (χ0v) is 19.1. The molecule has 176 valence electrons. The molecule has 0 aliphatic carbocycles. The predicted octanol–water partition coefficient (Wildman–Crippen LogP) is 4.16. The average molecular weight is 470 g/mol. The molecular weight excluding hydrogens is 446 g/mol. The number of para-hydroxylation sites is 2. The van der Waals surface area contributed by atoms with Gasteiger partial charge in [0.2, 0.25) is 11.8 Å². The van der Waals surface area contributed by atoms with Gasteiger partial charge in [-0.2, -0.15) is 0 Å². The predicted molar refractivity (Wildman–Crippen MR) is 131 cm³/mol. The van der Waals surface area contributed by atoms with Crippen LogP contribution in [-0.2, 0) is 6.54 Å². The first-order valence-corrected chi connectivity index (χ1v) is 11.5. The van der Waals surface area contributed by atoms with Gasteiger partial charge in [-0.3, -0.25) is 15.0 Å². The molecule has 0 spiro atoms. The highest BCUT2D eigenvalue weighted by Gasteiger charge is 2.29. The van der Waals surface area contributed by atoms with Gasteiger partial charge in [-0.05, 0) is 31.2 Å². The molecule has 35 heavy (non-hydrogen) atoms. The number of fused-ring (bicyclic) bond motifs is 3. The molecule has 6 rings (SSSR count). The van der Waals surface area contributed by atoms with E-state index >= 15 is 0 Å². The number of benzene rings is 2. The van der Waals surface area contributed by atoms with Gasteiger partial charge in [0.05, 0.1) is 16.7 Å². The average Bonchev–Trinajstić information content (AvgIpc) is 3.55. The van der Waals surface area contributed by atoms with E-state index in [1.165, 1.54) is 0 Å². The second-order valence-electron chi connectivity index (χ2n) is 8.74. The van der Waals surface area contributed by atoms with Crippen molar-refractivity contribution >= 4 is 28.2 Å². The van der Waals surface area contributed by atoms with Crippen molar-refractivity contribution in [2.45, 2.75) is 19.5 Å². The fourth-order valence-corrected chi connectivity index (χ4v) is 4.80. The Morgan fingerprint density at radius 3 is 2.69 bits per heavy atom. The van der Waals surface area contributed by atoms with Gasteiger partial charge in [0.25, 0.3) is 5.69 Å². The first kappa shape index (κ1) is 21.2. The Labute approximate surface area is 200 Å². The minimum atomic E-state index is -0.311. The van der Waals surface area contributed by atoms with Crippen LogP contribution in [0.2, 0.25) is 0 Å². The fourth-order valence-electron chi connectivity index (χ4n) is 4.80. The molecular formula is C25H23N7O3. The fraction of sp³-hybridized carbons (Fsp3) is 0.240. The highest BCUT2D eigenvalue weighted by molar-refractivity contribution is 5.93. The summed E-state index contributed by atoms with van der Waals surface area (Å²) in [4.78, 5) is 20.7. The second kappa shape index (κ2) is 8.48. The normalized spacial score (nSPS) is 16.8. The first-order valence-electron chi connectivity index (χ1n) is 11.5. The minimum absolute atomic E-state index is 0.149. The molecule has 4 heterocycles. The van der Waals surface area contributed by atoms with Crippen molar-refractivity contribution in [1.29, 1.82) is 0 Å². The van der Waals surface area contributed by atoms with Crippen molar-refractivity contribution in [2.24, 2.45) is 0 Å². The van der Waals surface area contributed by atoms with E-state index in [0.717, 1.165) is 34.6 Å². The Kier molecular flexibility index (Phi) is 5.14. The maximum atomic E-state index is 11.5. The molecule has 10 heteroatoms. The summed E-state index contributed by atoms with van der Waals surface area (Å²) in [5.74, 6) is 1.99. The SMILES string of the molecule is C[C@@H]1CN(c2nc3ccccc3c3nnc(-c4ccco4)n23)CCN1Cc1ccccc1[N+](=O)[O-]. The number of anilines is 1. The highest BCUT2D eigenvalue weighted by Crippen LogP contribution is 2.30. The number of furan rings is 1. The highest BCUT2D eigenvalue weighted by atomic mass is 16.6. The van der Waals surface area contributed by atoms with Crippen molar-refractivity contribution in [3.8, 4) is 11.6 Å². The summed E-state index contributed by atoms with van der Waals surface area (Å²) in [6.45, 7) is 4.81. The maximum absolute atomic E-state index is 11.5. The van der Waals surface area contributed by atoms with Gasteiger partial charge in [-0.1, -0.05) is 30.3 Å². The van der Waals surface area contributed by atoms with Crippen LogP contribution >= 0.6 is 0 Å². The molecule has 1 aliphatic heterocycles. The first-order chi connectivity index (χ1) is 17.1. The van der Waals surface area contributed by atoms with E-state index in [1.807, 2.05) is 52.9 Å². The van der Waals surface area contributed by atoms with Gasteiger partial charge in [0.15, 0.2) is 11.4 Å². The van der Waals surface area contributed by atoms with E-state index in [9.17, 15) is 10.1 Å². The molecule has 1 fully saturated rings. The summed E-state index contributed by atoms with van der Waals surface area (Å²) < 4.78 is 7.61. The third-order valence-corrected chi connectivity index (χ3v) is 6.58. The standard InChI is InChI=1S/C25H23N7O3/c1-17-15-30(13-12-29(17)16-18-7-2-5-10-21(18)32(33)34)25-26-20-9-4-3-8-19(20)23-27-28-24(31(23)25)22-11-6-14-35-22/h2-11,14,17H,12-13,15-16H2,1H3/t17-/m1/s1. The summed E-state index contributed by atoms with van der Waals surface area (Å²) in [6, 6.07) is 18.7. The minimum Gasteiger partial charge on any atom is -0.461 e. The smallest absolute Gasteiger partial charge is 0.273 e. The number of nitro groups is 1. The van der Waals surface area contributed by atoms with Crippen molar-refractivity contribution in [1.82, 2.24) is 24.5 Å². The lowest BCUT2D eigenvalue weighted by molar-refractivity contribution is -0.385. The van der Waals surface area contributed by atoms with Crippen LogP contribution in [0.1, 0.15) is 12.5 Å². The number of aromatic nitrogens is 4. The molecule has 0 bridgehead atoms. The zero-order valence-electron chi connectivity index (χ0n) is 19.1. The molecule has 5 aromatic rings. The topological polar surface area (TPSA) is 106 Å². The Morgan fingerprint density at radius 1 is 1.06 bits per heavy atom. The van der Waals surface area contributed by atoms with Crippen LogP contribution in [0, 0.1) is 10.1 Å². The van der Waals surface area contributed by atoms with Gasteiger partial charge < -0.3 is 9.32 Å². The lowest BCUT2D eigenvalue weighted by Crippen LogP contribution is -2.52.